The maximum atomic E-state index is 5.88. The lowest BCUT2D eigenvalue weighted by atomic mass is 10.2. The summed E-state index contributed by atoms with van der Waals surface area (Å²) >= 11 is 0. The van der Waals surface area contributed by atoms with Crippen molar-refractivity contribution >= 4 is 0 Å². The van der Waals surface area contributed by atoms with E-state index in [1.165, 1.54) is 0 Å². The smallest absolute Gasteiger partial charge is 0.121 e. The molecule has 2 atom stereocenters. The van der Waals surface area contributed by atoms with E-state index in [4.69, 9.17) is 9.47 Å². The van der Waals surface area contributed by atoms with Gasteiger partial charge in [0.25, 0.3) is 0 Å². The minimum atomic E-state index is 0.0936. The van der Waals surface area contributed by atoms with Crippen molar-refractivity contribution in [1.29, 1.82) is 0 Å². The van der Waals surface area contributed by atoms with Gasteiger partial charge in [0.1, 0.15) is 23.7 Å². The molecular weight excluding hydrogens is 236 g/mol. The molecule has 96 valence electrons. The van der Waals surface area contributed by atoms with Crippen LogP contribution in [0.25, 0.3) is 0 Å². The lowest BCUT2D eigenvalue weighted by Gasteiger charge is -2.15. The van der Waals surface area contributed by atoms with Gasteiger partial charge in [0.15, 0.2) is 0 Å². The molecule has 0 aromatic heterocycles. The van der Waals surface area contributed by atoms with Gasteiger partial charge in [0.05, 0.1) is 0 Å². The van der Waals surface area contributed by atoms with Crippen molar-refractivity contribution in [2.24, 2.45) is 0 Å². The van der Waals surface area contributed by atoms with E-state index >= 15 is 0 Å². The summed E-state index contributed by atoms with van der Waals surface area (Å²) in [5.41, 5.74) is 0. The minimum Gasteiger partial charge on any atom is -0.486 e. The molecule has 0 unspecified atom stereocenters. The molecule has 19 heavy (non-hydrogen) atoms. The SMILES string of the molecule is C1=C[C@H](Oc2ccccc2)C[C@@H]1Oc1ccccc1. The zero-order chi connectivity index (χ0) is 12.9. The number of hydrogen-bond donors (Lipinski definition) is 0. The van der Waals surface area contributed by atoms with Crippen LogP contribution >= 0.6 is 0 Å². The summed E-state index contributed by atoms with van der Waals surface area (Å²) in [6, 6.07) is 19.8. The molecule has 0 N–H and O–H groups in total. The highest BCUT2D eigenvalue weighted by Crippen LogP contribution is 2.22. The summed E-state index contributed by atoms with van der Waals surface area (Å²) in [5.74, 6) is 1.80. The first-order chi connectivity index (χ1) is 9.40. The van der Waals surface area contributed by atoms with Gasteiger partial charge in [0.2, 0.25) is 0 Å². The summed E-state index contributed by atoms with van der Waals surface area (Å²) in [6.07, 6.45) is 5.18. The highest BCUT2D eigenvalue weighted by molar-refractivity contribution is 5.24. The molecule has 1 aliphatic carbocycles. The van der Waals surface area contributed by atoms with Crippen molar-refractivity contribution in [2.45, 2.75) is 18.6 Å². The van der Waals surface area contributed by atoms with Crippen molar-refractivity contribution in [3.63, 3.8) is 0 Å². The van der Waals surface area contributed by atoms with Crippen molar-refractivity contribution in [3.8, 4) is 11.5 Å². The number of ether oxygens (including phenoxy) is 2. The normalized spacial score (nSPS) is 21.3. The summed E-state index contributed by atoms with van der Waals surface area (Å²) < 4.78 is 11.8. The van der Waals surface area contributed by atoms with Crippen molar-refractivity contribution in [2.75, 3.05) is 0 Å². The third kappa shape index (κ3) is 3.16. The fourth-order valence-corrected chi connectivity index (χ4v) is 2.16. The fraction of sp³-hybridized carbons (Fsp3) is 0.176. The monoisotopic (exact) mass is 252 g/mol. The maximum absolute atomic E-state index is 5.88. The van der Waals surface area contributed by atoms with E-state index < -0.39 is 0 Å². The van der Waals surface area contributed by atoms with Gasteiger partial charge in [0, 0.05) is 6.42 Å². The van der Waals surface area contributed by atoms with Crippen LogP contribution in [0.15, 0.2) is 72.8 Å². The zero-order valence-electron chi connectivity index (χ0n) is 10.6. The van der Waals surface area contributed by atoms with Crippen LogP contribution in [-0.4, -0.2) is 12.2 Å². The molecule has 0 fully saturated rings. The largest absolute Gasteiger partial charge is 0.486 e. The number of rotatable bonds is 4. The minimum absolute atomic E-state index is 0.0936. The predicted molar refractivity (Wildman–Crippen MR) is 75.5 cm³/mol. The number of benzene rings is 2. The van der Waals surface area contributed by atoms with Crippen molar-refractivity contribution in [3.05, 3.63) is 72.8 Å². The standard InChI is InChI=1S/C17H16O2/c1-3-7-14(8-4-1)18-16-11-12-17(13-16)19-15-9-5-2-6-10-15/h1-12,16-17H,13H2/t16-,17+. The van der Waals surface area contributed by atoms with Crippen molar-refractivity contribution < 1.29 is 9.47 Å². The quantitative estimate of drug-likeness (QED) is 0.770. The Labute approximate surface area is 113 Å². The Balaban J connectivity index is 1.55. The molecule has 0 spiro atoms. The molecule has 0 radical (unpaired) electrons. The highest BCUT2D eigenvalue weighted by atomic mass is 16.5. The van der Waals surface area contributed by atoms with Gasteiger partial charge in [-0.2, -0.15) is 0 Å². The fourth-order valence-electron chi connectivity index (χ4n) is 2.16. The molecule has 0 saturated heterocycles. The van der Waals surface area contributed by atoms with Crippen LogP contribution in [0.2, 0.25) is 0 Å². The Morgan fingerprint density at radius 3 is 1.47 bits per heavy atom. The van der Waals surface area contributed by atoms with Gasteiger partial charge < -0.3 is 9.47 Å². The summed E-state index contributed by atoms with van der Waals surface area (Å²) in [7, 11) is 0. The first kappa shape index (κ1) is 11.8. The predicted octanol–water partition coefficient (Wildman–Crippen LogP) is 3.84. The van der Waals surface area contributed by atoms with Crippen LogP contribution < -0.4 is 9.47 Å². The van der Waals surface area contributed by atoms with E-state index in [-0.39, 0.29) is 12.2 Å². The second kappa shape index (κ2) is 5.61. The molecule has 0 saturated carbocycles. The molecule has 2 aromatic carbocycles. The Hall–Kier alpha value is -2.22. The van der Waals surface area contributed by atoms with Crippen LogP contribution in [0.4, 0.5) is 0 Å². The van der Waals surface area contributed by atoms with Crippen LogP contribution in [0.5, 0.6) is 11.5 Å². The first-order valence-corrected chi connectivity index (χ1v) is 6.52. The first-order valence-electron chi connectivity index (χ1n) is 6.52. The third-order valence-electron chi connectivity index (χ3n) is 3.07. The molecule has 2 heteroatoms. The Morgan fingerprint density at radius 1 is 0.632 bits per heavy atom. The van der Waals surface area contributed by atoms with Crippen LogP contribution in [-0.2, 0) is 0 Å². The van der Waals surface area contributed by atoms with E-state index in [2.05, 4.69) is 12.2 Å². The molecule has 0 amide bonds. The zero-order valence-corrected chi connectivity index (χ0v) is 10.6. The Bertz CT molecular complexity index is 484. The second-order valence-electron chi connectivity index (χ2n) is 4.56. The van der Waals surface area contributed by atoms with E-state index in [9.17, 15) is 0 Å². The lowest BCUT2D eigenvalue weighted by Crippen LogP contribution is -2.18. The summed E-state index contributed by atoms with van der Waals surface area (Å²) in [6.45, 7) is 0. The van der Waals surface area contributed by atoms with E-state index in [0.717, 1.165) is 17.9 Å². The summed E-state index contributed by atoms with van der Waals surface area (Å²) in [5, 5.41) is 0. The van der Waals surface area contributed by atoms with Gasteiger partial charge >= 0.3 is 0 Å². The maximum Gasteiger partial charge on any atom is 0.121 e. The molecule has 1 aliphatic rings. The van der Waals surface area contributed by atoms with E-state index in [1.807, 2.05) is 60.7 Å². The molecule has 0 aliphatic heterocycles. The Morgan fingerprint density at radius 2 is 1.05 bits per heavy atom. The van der Waals surface area contributed by atoms with Gasteiger partial charge in [-0.05, 0) is 36.4 Å². The molecule has 3 rings (SSSR count). The lowest BCUT2D eigenvalue weighted by molar-refractivity contribution is 0.180. The average Bonchev–Trinajstić information content (AvgIpc) is 2.88. The molecule has 2 nitrogen and oxygen atoms in total. The van der Waals surface area contributed by atoms with Crippen LogP contribution in [0, 0.1) is 0 Å². The van der Waals surface area contributed by atoms with Gasteiger partial charge in [-0.25, -0.2) is 0 Å². The van der Waals surface area contributed by atoms with Crippen molar-refractivity contribution in [1.82, 2.24) is 0 Å². The topological polar surface area (TPSA) is 18.5 Å². The van der Waals surface area contributed by atoms with Gasteiger partial charge in [-0.1, -0.05) is 36.4 Å². The van der Waals surface area contributed by atoms with Crippen LogP contribution in [0.1, 0.15) is 6.42 Å². The van der Waals surface area contributed by atoms with Crippen LogP contribution in [0.3, 0.4) is 0 Å². The Kier molecular flexibility index (Phi) is 3.50. The van der Waals surface area contributed by atoms with Gasteiger partial charge in [-0.15, -0.1) is 0 Å². The number of para-hydroxylation sites is 2. The molecule has 2 aromatic rings. The molecule has 0 bridgehead atoms. The van der Waals surface area contributed by atoms with E-state index in [0.29, 0.717) is 0 Å². The number of hydrogen-bond acceptors (Lipinski definition) is 2. The second-order valence-corrected chi connectivity index (χ2v) is 4.56. The van der Waals surface area contributed by atoms with Gasteiger partial charge in [-0.3, -0.25) is 0 Å². The molecular formula is C17H16O2. The highest BCUT2D eigenvalue weighted by Gasteiger charge is 2.21. The summed E-state index contributed by atoms with van der Waals surface area (Å²) in [4.78, 5) is 0. The third-order valence-corrected chi connectivity index (χ3v) is 3.07. The average molecular weight is 252 g/mol. The molecule has 0 heterocycles. The van der Waals surface area contributed by atoms with E-state index in [1.54, 1.807) is 0 Å².